The predicted molar refractivity (Wildman–Crippen MR) is 122 cm³/mol. The lowest BCUT2D eigenvalue weighted by atomic mass is 9.98. The number of carbonyl (C=O) groups is 4. The lowest BCUT2D eigenvalue weighted by Gasteiger charge is -2.18. The van der Waals surface area contributed by atoms with Crippen molar-refractivity contribution < 1.29 is 23.9 Å². The third-order valence-corrected chi connectivity index (χ3v) is 9.07. The number of fused-ring (bicyclic) bond motifs is 1. The highest BCUT2D eigenvalue weighted by atomic mass is 32.2. The van der Waals surface area contributed by atoms with Gasteiger partial charge in [0.25, 0.3) is 0 Å². The van der Waals surface area contributed by atoms with Crippen molar-refractivity contribution >= 4 is 52.9 Å². The van der Waals surface area contributed by atoms with Gasteiger partial charge in [0.15, 0.2) is 0 Å². The molecule has 2 heterocycles. The van der Waals surface area contributed by atoms with Crippen molar-refractivity contribution in [1.82, 2.24) is 4.90 Å². The van der Waals surface area contributed by atoms with E-state index in [0.29, 0.717) is 10.6 Å². The van der Waals surface area contributed by atoms with Crippen molar-refractivity contribution in [2.24, 2.45) is 11.8 Å². The maximum atomic E-state index is 13.2. The largest absolute Gasteiger partial charge is 0.466 e. The zero-order valence-corrected chi connectivity index (χ0v) is 19.3. The van der Waals surface area contributed by atoms with E-state index in [1.165, 1.54) is 35.5 Å². The molecule has 1 saturated heterocycles. The topological polar surface area (TPSA) is 92.8 Å². The number of methoxy groups -OCH3 is 1. The van der Waals surface area contributed by atoms with Crippen LogP contribution >= 0.6 is 23.5 Å². The van der Waals surface area contributed by atoms with Crippen molar-refractivity contribution in [3.8, 4) is 0 Å². The van der Waals surface area contributed by atoms with Crippen molar-refractivity contribution in [1.29, 1.82) is 0 Å². The average molecular weight is 473 g/mol. The number of rotatable bonds is 6. The van der Waals surface area contributed by atoms with Gasteiger partial charge in [-0.1, -0.05) is 6.42 Å². The Bertz CT molecular complexity index is 1020. The van der Waals surface area contributed by atoms with Crippen molar-refractivity contribution in [3.05, 3.63) is 34.9 Å². The minimum atomic E-state index is -0.540. The Hall–Kier alpha value is -2.26. The minimum Gasteiger partial charge on any atom is -0.466 e. The summed E-state index contributed by atoms with van der Waals surface area (Å²) in [7, 11) is 1.34. The summed E-state index contributed by atoms with van der Waals surface area (Å²) < 4.78 is 4.99. The molecule has 2 aliphatic carbocycles. The van der Waals surface area contributed by atoms with E-state index in [4.69, 9.17) is 4.74 Å². The van der Waals surface area contributed by atoms with Gasteiger partial charge in [0.05, 0.1) is 23.0 Å². The summed E-state index contributed by atoms with van der Waals surface area (Å²) in [5.41, 5.74) is 1.21. The van der Waals surface area contributed by atoms with E-state index in [9.17, 15) is 19.2 Å². The zero-order chi connectivity index (χ0) is 22.4. The van der Waals surface area contributed by atoms with Crippen LogP contribution in [0.4, 0.5) is 5.69 Å². The number of anilines is 1. The molecule has 1 aromatic carbocycles. The van der Waals surface area contributed by atoms with Crippen LogP contribution in [0.3, 0.4) is 0 Å². The van der Waals surface area contributed by atoms with Gasteiger partial charge in [0.2, 0.25) is 17.7 Å². The molecule has 0 spiro atoms. The number of hydrogen-bond acceptors (Lipinski definition) is 7. The van der Waals surface area contributed by atoms with Gasteiger partial charge in [-0.2, -0.15) is 0 Å². The van der Waals surface area contributed by atoms with Crippen LogP contribution in [0.5, 0.6) is 0 Å². The van der Waals surface area contributed by atoms with Gasteiger partial charge in [-0.25, -0.2) is 9.69 Å². The van der Waals surface area contributed by atoms with E-state index in [-0.39, 0.29) is 41.2 Å². The molecule has 0 bridgehead atoms. The predicted octanol–water partition coefficient (Wildman–Crippen LogP) is 3.55. The van der Waals surface area contributed by atoms with Crippen LogP contribution in [0.2, 0.25) is 0 Å². The number of imide groups is 1. The van der Waals surface area contributed by atoms with Gasteiger partial charge < -0.3 is 10.1 Å². The van der Waals surface area contributed by atoms with Crippen LogP contribution in [0.1, 0.15) is 38.5 Å². The molecule has 3 amide bonds. The zero-order valence-electron chi connectivity index (χ0n) is 17.7. The molecule has 5 rings (SSSR count). The van der Waals surface area contributed by atoms with Crippen LogP contribution in [-0.2, 0) is 23.9 Å². The lowest BCUT2D eigenvalue weighted by Crippen LogP contribution is -2.31. The summed E-state index contributed by atoms with van der Waals surface area (Å²) in [6, 6.07) is 7.32. The molecule has 0 aromatic heterocycles. The second-order valence-corrected chi connectivity index (χ2v) is 11.1. The number of ether oxygens (including phenoxy) is 1. The first-order chi connectivity index (χ1) is 15.5. The number of carbonyl (C=O) groups excluding carboxylic acids is 4. The smallest absolute Gasteiger partial charge is 0.336 e. The van der Waals surface area contributed by atoms with E-state index in [1.54, 1.807) is 0 Å². The van der Waals surface area contributed by atoms with E-state index in [2.05, 4.69) is 5.32 Å². The lowest BCUT2D eigenvalue weighted by molar-refractivity contribution is -0.137. The first kappa shape index (κ1) is 21.6. The second-order valence-electron chi connectivity index (χ2n) is 8.57. The Morgan fingerprint density at radius 1 is 1.12 bits per heavy atom. The molecule has 4 aliphatic rings. The highest BCUT2D eigenvalue weighted by molar-refractivity contribution is 8.04. The van der Waals surface area contributed by atoms with E-state index in [1.807, 2.05) is 24.3 Å². The van der Waals surface area contributed by atoms with Crippen molar-refractivity contribution in [2.45, 2.75) is 53.9 Å². The fraction of sp³-hybridized carbons (Fsp3) is 0.478. The summed E-state index contributed by atoms with van der Waals surface area (Å²) >= 11 is 2.81. The van der Waals surface area contributed by atoms with Gasteiger partial charge in [-0.3, -0.25) is 14.4 Å². The third kappa shape index (κ3) is 3.96. The maximum Gasteiger partial charge on any atom is 0.336 e. The highest BCUT2D eigenvalue weighted by Crippen LogP contribution is 2.53. The number of nitrogens with one attached hydrogen (secondary N) is 1. The Kier molecular flexibility index (Phi) is 5.79. The number of thioether (sulfide) groups is 2. The van der Waals surface area contributed by atoms with Crippen LogP contribution in [0.15, 0.2) is 39.8 Å². The normalized spacial score (nSPS) is 27.2. The van der Waals surface area contributed by atoms with Crippen molar-refractivity contribution in [2.75, 3.05) is 12.4 Å². The van der Waals surface area contributed by atoms with Gasteiger partial charge in [0, 0.05) is 34.1 Å². The molecule has 168 valence electrons. The molecule has 3 unspecified atom stereocenters. The van der Waals surface area contributed by atoms with E-state index < -0.39 is 11.2 Å². The summed E-state index contributed by atoms with van der Waals surface area (Å²) in [6.45, 7) is 0. The minimum absolute atomic E-state index is 0.0473. The number of nitrogens with zero attached hydrogens (tertiary/aromatic N) is 1. The summed E-state index contributed by atoms with van der Waals surface area (Å²) in [6.07, 6.45) is 4.87. The summed E-state index contributed by atoms with van der Waals surface area (Å²) in [5.74, 6) is -0.768. The Balaban J connectivity index is 1.30. The summed E-state index contributed by atoms with van der Waals surface area (Å²) in [4.78, 5) is 52.5. The number of hydrogen-bond donors (Lipinski definition) is 1. The Labute approximate surface area is 194 Å². The molecule has 9 heteroatoms. The average Bonchev–Trinajstić information content (AvgIpc) is 3.36. The molecular formula is C23H24N2O5S2. The van der Waals surface area contributed by atoms with Gasteiger partial charge in [-0.15, -0.1) is 23.5 Å². The quantitative estimate of drug-likeness (QED) is 0.500. The highest BCUT2D eigenvalue weighted by Gasteiger charge is 2.50. The Morgan fingerprint density at radius 3 is 2.56 bits per heavy atom. The molecular weight excluding hydrogens is 448 g/mol. The second kappa shape index (κ2) is 8.59. The first-order valence-electron chi connectivity index (χ1n) is 10.9. The SMILES string of the molecule is COC(=O)C1=C(N2C(=O)CC(Sc3ccc(NC(=O)C4CC4)cc3)C2=O)SC2CCCC12. The number of esters is 1. The van der Waals surface area contributed by atoms with Gasteiger partial charge >= 0.3 is 5.97 Å². The number of amides is 3. The third-order valence-electron chi connectivity index (χ3n) is 6.38. The van der Waals surface area contributed by atoms with E-state index >= 15 is 0 Å². The molecule has 0 radical (unpaired) electrons. The van der Waals surface area contributed by atoms with E-state index in [0.717, 1.165) is 42.7 Å². The fourth-order valence-electron chi connectivity index (χ4n) is 4.57. The number of benzene rings is 1. The molecule has 7 nitrogen and oxygen atoms in total. The molecule has 32 heavy (non-hydrogen) atoms. The van der Waals surface area contributed by atoms with Gasteiger partial charge in [-0.05, 0) is 49.9 Å². The maximum absolute atomic E-state index is 13.2. The van der Waals surface area contributed by atoms with Crippen LogP contribution in [0.25, 0.3) is 0 Å². The van der Waals surface area contributed by atoms with Crippen molar-refractivity contribution in [3.63, 3.8) is 0 Å². The van der Waals surface area contributed by atoms with Gasteiger partial charge in [0.1, 0.15) is 0 Å². The van der Waals surface area contributed by atoms with Crippen LogP contribution in [0, 0.1) is 11.8 Å². The molecule has 2 aliphatic heterocycles. The monoisotopic (exact) mass is 472 g/mol. The number of likely N-dealkylation sites (tertiary alicyclic amines) is 1. The first-order valence-corrected chi connectivity index (χ1v) is 12.7. The fourth-order valence-corrected chi connectivity index (χ4v) is 7.29. The Morgan fingerprint density at radius 2 is 1.88 bits per heavy atom. The molecule has 1 aromatic rings. The van der Waals surface area contributed by atoms with Crippen LogP contribution in [-0.4, -0.2) is 46.2 Å². The molecule has 2 saturated carbocycles. The molecule has 3 atom stereocenters. The van der Waals surface area contributed by atoms with Crippen LogP contribution < -0.4 is 5.32 Å². The molecule has 1 N–H and O–H groups in total. The summed E-state index contributed by atoms with van der Waals surface area (Å²) in [5, 5.41) is 3.06. The molecule has 3 fully saturated rings. The standard InChI is InChI=1S/C23H24N2O5S2/c1-30-23(29)19-15-3-2-4-16(15)32-22(19)25-18(26)11-17(21(25)28)31-14-9-7-13(8-10-14)24-20(27)12-5-6-12/h7-10,12,15-17H,2-6,11H2,1H3,(H,24,27).